The average molecular weight is 369 g/mol. The zero-order valence-electron chi connectivity index (χ0n) is 15.9. The molecule has 0 bridgehead atoms. The van der Waals surface area contributed by atoms with E-state index in [1.165, 1.54) is 5.56 Å². The highest BCUT2D eigenvalue weighted by atomic mass is 16.5. The number of morpholine rings is 1. The van der Waals surface area contributed by atoms with Crippen molar-refractivity contribution in [3.8, 4) is 5.75 Å². The van der Waals surface area contributed by atoms with Gasteiger partial charge in [0.2, 0.25) is 5.91 Å². The normalized spacial score (nSPS) is 15.8. The maximum atomic E-state index is 12.5. The van der Waals surface area contributed by atoms with Crippen LogP contribution in [-0.4, -0.2) is 50.3 Å². The number of hydrogen-bond acceptors (Lipinski definition) is 5. The summed E-state index contributed by atoms with van der Waals surface area (Å²) in [5, 5.41) is 6.15. The molecule has 1 aliphatic rings. The van der Waals surface area contributed by atoms with Crippen LogP contribution in [0.5, 0.6) is 5.75 Å². The zero-order chi connectivity index (χ0) is 19.1. The van der Waals surface area contributed by atoms with Gasteiger partial charge >= 0.3 is 0 Å². The molecular weight excluding hydrogens is 342 g/mol. The van der Waals surface area contributed by atoms with E-state index in [1.807, 2.05) is 43.3 Å². The van der Waals surface area contributed by atoms with Crippen molar-refractivity contribution in [1.29, 1.82) is 0 Å². The lowest BCUT2D eigenvalue weighted by atomic mass is 10.1. The second-order valence-corrected chi connectivity index (χ2v) is 6.64. The molecule has 0 aromatic heterocycles. The van der Waals surface area contributed by atoms with Gasteiger partial charge in [-0.05, 0) is 36.8 Å². The Labute approximate surface area is 160 Å². The molecule has 3 rings (SSSR count). The SMILES string of the molecule is COc1ccccc1NC(=O)[C@H](C)Nc1ccc(CN2CCOCC2)cc1. The largest absolute Gasteiger partial charge is 0.495 e. The molecule has 27 heavy (non-hydrogen) atoms. The van der Waals surface area contributed by atoms with Crippen LogP contribution >= 0.6 is 0 Å². The summed E-state index contributed by atoms with van der Waals surface area (Å²) in [6.45, 7) is 6.32. The van der Waals surface area contributed by atoms with Crippen molar-refractivity contribution in [2.24, 2.45) is 0 Å². The van der Waals surface area contributed by atoms with Crippen molar-refractivity contribution in [2.75, 3.05) is 44.0 Å². The number of benzene rings is 2. The number of amides is 1. The smallest absolute Gasteiger partial charge is 0.246 e. The van der Waals surface area contributed by atoms with Gasteiger partial charge in [0.25, 0.3) is 0 Å². The predicted octanol–water partition coefficient (Wildman–Crippen LogP) is 2.97. The fourth-order valence-electron chi connectivity index (χ4n) is 3.03. The van der Waals surface area contributed by atoms with Gasteiger partial charge in [-0.15, -0.1) is 0 Å². The van der Waals surface area contributed by atoms with Crippen molar-refractivity contribution in [2.45, 2.75) is 19.5 Å². The summed E-state index contributed by atoms with van der Waals surface area (Å²) in [6, 6.07) is 15.2. The number of rotatable bonds is 7. The van der Waals surface area contributed by atoms with E-state index in [0.717, 1.165) is 38.5 Å². The first-order valence-corrected chi connectivity index (χ1v) is 9.25. The summed E-state index contributed by atoms with van der Waals surface area (Å²) in [4.78, 5) is 14.9. The Morgan fingerprint density at radius 1 is 1.15 bits per heavy atom. The monoisotopic (exact) mass is 369 g/mol. The van der Waals surface area contributed by atoms with Crippen molar-refractivity contribution in [3.05, 3.63) is 54.1 Å². The van der Waals surface area contributed by atoms with Gasteiger partial charge < -0.3 is 20.1 Å². The Balaban J connectivity index is 1.53. The molecule has 1 amide bonds. The maximum Gasteiger partial charge on any atom is 0.246 e. The molecule has 1 saturated heterocycles. The van der Waals surface area contributed by atoms with Crippen molar-refractivity contribution >= 4 is 17.3 Å². The lowest BCUT2D eigenvalue weighted by Gasteiger charge is -2.26. The molecular formula is C21H27N3O3. The van der Waals surface area contributed by atoms with Gasteiger partial charge in [0.05, 0.1) is 26.0 Å². The third kappa shape index (κ3) is 5.45. The first-order valence-electron chi connectivity index (χ1n) is 9.25. The highest BCUT2D eigenvalue weighted by Gasteiger charge is 2.15. The summed E-state index contributed by atoms with van der Waals surface area (Å²) in [7, 11) is 1.59. The Morgan fingerprint density at radius 2 is 1.85 bits per heavy atom. The quantitative estimate of drug-likeness (QED) is 0.786. The number of hydrogen-bond donors (Lipinski definition) is 2. The second kappa shape index (κ2) is 9.39. The third-order valence-electron chi connectivity index (χ3n) is 4.61. The summed E-state index contributed by atoms with van der Waals surface area (Å²) in [5.41, 5.74) is 2.84. The minimum absolute atomic E-state index is 0.114. The second-order valence-electron chi connectivity index (χ2n) is 6.64. The summed E-state index contributed by atoms with van der Waals surface area (Å²) in [6.07, 6.45) is 0. The molecule has 1 fully saturated rings. The van der Waals surface area contributed by atoms with Crippen LogP contribution in [0, 0.1) is 0 Å². The zero-order valence-corrected chi connectivity index (χ0v) is 15.9. The van der Waals surface area contributed by atoms with Gasteiger partial charge in [0.15, 0.2) is 0 Å². The van der Waals surface area contributed by atoms with E-state index in [1.54, 1.807) is 7.11 Å². The summed E-state index contributed by atoms with van der Waals surface area (Å²) >= 11 is 0. The van der Waals surface area contributed by atoms with Crippen LogP contribution in [-0.2, 0) is 16.1 Å². The molecule has 2 aromatic rings. The Kier molecular flexibility index (Phi) is 6.68. The van der Waals surface area contributed by atoms with Crippen molar-refractivity contribution in [1.82, 2.24) is 4.90 Å². The first-order chi connectivity index (χ1) is 13.2. The van der Waals surface area contributed by atoms with Crippen LogP contribution in [0.4, 0.5) is 11.4 Å². The van der Waals surface area contributed by atoms with E-state index >= 15 is 0 Å². The van der Waals surface area contributed by atoms with Gasteiger partial charge in [-0.1, -0.05) is 24.3 Å². The molecule has 0 spiro atoms. The van der Waals surface area contributed by atoms with Crippen molar-refractivity contribution in [3.63, 3.8) is 0 Å². The number of methoxy groups -OCH3 is 1. The molecule has 2 N–H and O–H groups in total. The van der Waals surface area contributed by atoms with Crippen LogP contribution in [0.1, 0.15) is 12.5 Å². The van der Waals surface area contributed by atoms with Crippen molar-refractivity contribution < 1.29 is 14.3 Å². The van der Waals surface area contributed by atoms with Gasteiger partial charge in [-0.3, -0.25) is 9.69 Å². The topological polar surface area (TPSA) is 62.8 Å². The number of carbonyl (C=O) groups excluding carboxylic acids is 1. The molecule has 144 valence electrons. The molecule has 0 aliphatic carbocycles. The lowest BCUT2D eigenvalue weighted by molar-refractivity contribution is -0.116. The molecule has 2 aromatic carbocycles. The van der Waals surface area contributed by atoms with E-state index in [-0.39, 0.29) is 11.9 Å². The molecule has 6 nitrogen and oxygen atoms in total. The standard InChI is InChI=1S/C21H27N3O3/c1-16(21(25)23-19-5-3-4-6-20(19)26-2)22-18-9-7-17(8-10-18)15-24-11-13-27-14-12-24/h3-10,16,22H,11-15H2,1-2H3,(H,23,25)/t16-/m0/s1. The minimum atomic E-state index is -0.375. The van der Waals surface area contributed by atoms with Gasteiger partial charge in [-0.25, -0.2) is 0 Å². The molecule has 1 atom stereocenters. The third-order valence-corrected chi connectivity index (χ3v) is 4.61. The number of nitrogens with zero attached hydrogens (tertiary/aromatic N) is 1. The number of nitrogens with one attached hydrogen (secondary N) is 2. The Morgan fingerprint density at radius 3 is 2.56 bits per heavy atom. The van der Waals surface area contributed by atoms with E-state index in [0.29, 0.717) is 11.4 Å². The number of ether oxygens (including phenoxy) is 2. The molecule has 0 radical (unpaired) electrons. The van der Waals surface area contributed by atoms with Crippen LogP contribution in [0.15, 0.2) is 48.5 Å². The predicted molar refractivity (Wildman–Crippen MR) is 107 cm³/mol. The minimum Gasteiger partial charge on any atom is -0.495 e. The Hall–Kier alpha value is -2.57. The number of carbonyl (C=O) groups is 1. The van der Waals surface area contributed by atoms with Crippen LogP contribution in [0.2, 0.25) is 0 Å². The maximum absolute atomic E-state index is 12.5. The van der Waals surface area contributed by atoms with Gasteiger partial charge in [0, 0.05) is 25.3 Å². The molecule has 0 saturated carbocycles. The highest BCUT2D eigenvalue weighted by molar-refractivity contribution is 5.97. The summed E-state index contributed by atoms with van der Waals surface area (Å²) < 4.78 is 10.7. The van der Waals surface area contributed by atoms with Gasteiger partial charge in [0.1, 0.15) is 11.8 Å². The molecule has 1 aliphatic heterocycles. The van der Waals surface area contributed by atoms with E-state index in [4.69, 9.17) is 9.47 Å². The van der Waals surface area contributed by atoms with E-state index < -0.39 is 0 Å². The summed E-state index contributed by atoms with van der Waals surface area (Å²) in [5.74, 6) is 0.530. The Bertz CT molecular complexity index is 743. The molecule has 1 heterocycles. The molecule has 6 heteroatoms. The highest BCUT2D eigenvalue weighted by Crippen LogP contribution is 2.23. The lowest BCUT2D eigenvalue weighted by Crippen LogP contribution is -2.35. The number of para-hydroxylation sites is 2. The first kappa shape index (κ1) is 19.2. The van der Waals surface area contributed by atoms with Crippen LogP contribution < -0.4 is 15.4 Å². The van der Waals surface area contributed by atoms with Crippen LogP contribution in [0.25, 0.3) is 0 Å². The number of anilines is 2. The van der Waals surface area contributed by atoms with Gasteiger partial charge in [-0.2, -0.15) is 0 Å². The van der Waals surface area contributed by atoms with E-state index in [9.17, 15) is 4.79 Å². The van der Waals surface area contributed by atoms with E-state index in [2.05, 4.69) is 27.7 Å². The van der Waals surface area contributed by atoms with Crippen LogP contribution in [0.3, 0.4) is 0 Å². The fraction of sp³-hybridized carbons (Fsp3) is 0.381. The fourth-order valence-corrected chi connectivity index (χ4v) is 3.03. The average Bonchev–Trinajstić information content (AvgIpc) is 2.70. The molecule has 0 unspecified atom stereocenters.